The van der Waals surface area contributed by atoms with E-state index >= 15 is 0 Å². The number of hydrogen-bond donors (Lipinski definition) is 1. The molecule has 2 fully saturated rings. The van der Waals surface area contributed by atoms with Crippen LogP contribution in [0.3, 0.4) is 0 Å². The maximum Gasteiger partial charge on any atom is 0.235 e. The van der Waals surface area contributed by atoms with Crippen LogP contribution in [0.25, 0.3) is 0 Å². The SMILES string of the molecule is CC1CC(S(=O)(=O)C(Br)(Br)Br)C2CCCCC2N1. The predicted molar refractivity (Wildman–Crippen MR) is 85.2 cm³/mol. The number of piperidine rings is 1. The Bertz CT molecular complexity index is 407. The quantitative estimate of drug-likeness (QED) is 0.600. The van der Waals surface area contributed by atoms with Gasteiger partial charge in [-0.05, 0) is 79.9 Å². The minimum atomic E-state index is -3.29. The number of sulfone groups is 1. The highest BCUT2D eigenvalue weighted by molar-refractivity contribution is 9.42. The van der Waals surface area contributed by atoms with Crippen molar-refractivity contribution in [1.82, 2.24) is 5.32 Å². The molecule has 7 heteroatoms. The summed E-state index contributed by atoms with van der Waals surface area (Å²) >= 11 is 9.59. The summed E-state index contributed by atoms with van der Waals surface area (Å²) in [6, 6.07) is 0.621. The number of halogens is 3. The van der Waals surface area contributed by atoms with Crippen LogP contribution in [0.1, 0.15) is 39.0 Å². The summed E-state index contributed by atoms with van der Waals surface area (Å²) in [5.41, 5.74) is 0. The van der Waals surface area contributed by atoms with Gasteiger partial charge in [0.05, 0.1) is 5.25 Å². The molecule has 0 aromatic carbocycles. The van der Waals surface area contributed by atoms with Crippen LogP contribution >= 0.6 is 47.8 Å². The summed E-state index contributed by atoms with van der Waals surface area (Å²) in [6.07, 6.45) is 5.14. The molecule has 0 aromatic rings. The van der Waals surface area contributed by atoms with Crippen LogP contribution in [0.5, 0.6) is 0 Å². The van der Waals surface area contributed by atoms with Gasteiger partial charge in [-0.3, -0.25) is 0 Å². The largest absolute Gasteiger partial charge is 0.311 e. The Kier molecular flexibility index (Phi) is 4.91. The van der Waals surface area contributed by atoms with E-state index in [0.717, 1.165) is 19.3 Å². The lowest BCUT2D eigenvalue weighted by atomic mass is 9.77. The second kappa shape index (κ2) is 5.62. The molecule has 1 N–H and O–H groups in total. The zero-order valence-corrected chi connectivity index (χ0v) is 15.8. The van der Waals surface area contributed by atoms with E-state index in [1.54, 1.807) is 0 Å². The van der Waals surface area contributed by atoms with Gasteiger partial charge in [-0.15, -0.1) is 0 Å². The van der Waals surface area contributed by atoms with Crippen molar-refractivity contribution in [3.05, 3.63) is 0 Å². The summed E-state index contributed by atoms with van der Waals surface area (Å²) in [7, 11) is -3.29. The lowest BCUT2D eigenvalue weighted by molar-refractivity contribution is 0.185. The minimum Gasteiger partial charge on any atom is -0.311 e. The van der Waals surface area contributed by atoms with Gasteiger partial charge in [0.15, 0.2) is 9.84 Å². The molecule has 0 radical (unpaired) electrons. The van der Waals surface area contributed by atoms with Crippen molar-refractivity contribution in [2.45, 2.75) is 57.8 Å². The Morgan fingerprint density at radius 2 is 1.78 bits per heavy atom. The molecule has 1 heterocycles. The third kappa shape index (κ3) is 3.00. The number of alkyl halides is 3. The summed E-state index contributed by atoms with van der Waals surface area (Å²) in [6.45, 7) is 2.08. The summed E-state index contributed by atoms with van der Waals surface area (Å²) < 4.78 is 24.1. The number of fused-ring (bicyclic) bond motifs is 1. The topological polar surface area (TPSA) is 46.2 Å². The zero-order chi connectivity index (χ0) is 13.6. The Hall–Kier alpha value is 1.35. The average molecular weight is 468 g/mol. The summed E-state index contributed by atoms with van der Waals surface area (Å²) in [4.78, 5) is 0. The van der Waals surface area contributed by atoms with Crippen LogP contribution in [0.2, 0.25) is 0 Å². The van der Waals surface area contributed by atoms with Crippen molar-refractivity contribution in [2.75, 3.05) is 0 Å². The van der Waals surface area contributed by atoms with Gasteiger partial charge in [-0.1, -0.05) is 12.8 Å². The number of hydrogen-bond acceptors (Lipinski definition) is 3. The Balaban J connectivity index is 2.30. The van der Waals surface area contributed by atoms with E-state index < -0.39 is 11.3 Å². The smallest absolute Gasteiger partial charge is 0.235 e. The third-order valence-corrected chi connectivity index (χ3v) is 10.1. The first-order valence-corrected chi connectivity index (χ1v) is 10.2. The first kappa shape index (κ1) is 15.7. The molecule has 0 amide bonds. The summed E-state index contributed by atoms with van der Waals surface area (Å²) in [5.74, 6) is 0.243. The number of rotatable bonds is 1. The van der Waals surface area contributed by atoms with Crippen molar-refractivity contribution < 1.29 is 8.42 Å². The van der Waals surface area contributed by atoms with Crippen molar-refractivity contribution in [1.29, 1.82) is 0 Å². The molecular weight excluding hydrogens is 450 g/mol. The molecule has 4 atom stereocenters. The van der Waals surface area contributed by atoms with Gasteiger partial charge in [-0.2, -0.15) is 0 Å². The zero-order valence-electron chi connectivity index (χ0n) is 10.2. The Morgan fingerprint density at radius 1 is 1.17 bits per heavy atom. The van der Waals surface area contributed by atoms with Crippen molar-refractivity contribution in [3.63, 3.8) is 0 Å². The lowest BCUT2D eigenvalue weighted by Crippen LogP contribution is -2.57. The van der Waals surface area contributed by atoms with Gasteiger partial charge in [0.25, 0.3) is 0 Å². The van der Waals surface area contributed by atoms with Crippen LogP contribution < -0.4 is 5.32 Å². The second-order valence-corrected chi connectivity index (χ2v) is 16.0. The molecule has 0 aromatic heterocycles. The normalized spacial score (nSPS) is 38.2. The van der Waals surface area contributed by atoms with Crippen molar-refractivity contribution >= 4 is 57.6 Å². The average Bonchev–Trinajstić information content (AvgIpc) is 2.26. The summed E-state index contributed by atoms with van der Waals surface area (Å²) in [5, 5.41) is 3.28. The van der Waals surface area contributed by atoms with Gasteiger partial charge in [0, 0.05) is 12.1 Å². The number of nitrogens with one attached hydrogen (secondary N) is 1. The highest BCUT2D eigenvalue weighted by atomic mass is 80.0. The molecule has 2 aliphatic rings. The second-order valence-electron chi connectivity index (χ2n) is 5.39. The van der Waals surface area contributed by atoms with E-state index in [-0.39, 0.29) is 17.2 Å². The maximum atomic E-state index is 12.6. The molecule has 0 bridgehead atoms. The molecular formula is C11H18Br3NO2S. The molecule has 1 aliphatic carbocycles. The fourth-order valence-corrected chi connectivity index (χ4v) is 7.13. The van der Waals surface area contributed by atoms with E-state index in [1.807, 2.05) is 0 Å². The van der Waals surface area contributed by atoms with Gasteiger partial charge >= 0.3 is 0 Å². The van der Waals surface area contributed by atoms with E-state index in [0.29, 0.717) is 12.5 Å². The third-order valence-electron chi connectivity index (χ3n) is 4.10. The molecule has 106 valence electrons. The Labute approximate surface area is 134 Å². The van der Waals surface area contributed by atoms with Gasteiger partial charge in [0.2, 0.25) is 1.47 Å². The fourth-order valence-electron chi connectivity index (χ4n) is 3.30. The first-order chi connectivity index (χ1) is 8.23. The van der Waals surface area contributed by atoms with Crippen LogP contribution in [-0.2, 0) is 9.84 Å². The monoisotopic (exact) mass is 465 g/mol. The highest BCUT2D eigenvalue weighted by Crippen LogP contribution is 2.47. The van der Waals surface area contributed by atoms with Crippen LogP contribution in [0.4, 0.5) is 0 Å². The minimum absolute atomic E-state index is 0.243. The maximum absolute atomic E-state index is 12.6. The molecule has 18 heavy (non-hydrogen) atoms. The van der Waals surface area contributed by atoms with Gasteiger partial charge in [0.1, 0.15) is 0 Å². The predicted octanol–water partition coefficient (Wildman–Crippen LogP) is 3.51. The molecule has 4 unspecified atom stereocenters. The van der Waals surface area contributed by atoms with Gasteiger partial charge in [-0.25, -0.2) is 8.42 Å². The van der Waals surface area contributed by atoms with Crippen molar-refractivity contribution in [3.8, 4) is 0 Å². The lowest BCUT2D eigenvalue weighted by Gasteiger charge is -2.45. The molecule has 1 saturated carbocycles. The van der Waals surface area contributed by atoms with Crippen molar-refractivity contribution in [2.24, 2.45) is 5.92 Å². The van der Waals surface area contributed by atoms with Gasteiger partial charge < -0.3 is 5.32 Å². The first-order valence-electron chi connectivity index (χ1n) is 6.29. The molecule has 1 aliphatic heterocycles. The molecule has 2 rings (SSSR count). The van der Waals surface area contributed by atoms with Crippen LogP contribution in [0, 0.1) is 5.92 Å². The Morgan fingerprint density at radius 3 is 2.39 bits per heavy atom. The molecule has 3 nitrogen and oxygen atoms in total. The van der Waals surface area contributed by atoms with E-state index in [9.17, 15) is 8.42 Å². The molecule has 0 spiro atoms. The van der Waals surface area contributed by atoms with E-state index in [4.69, 9.17) is 0 Å². The molecule has 1 saturated heterocycles. The van der Waals surface area contributed by atoms with E-state index in [1.165, 1.54) is 6.42 Å². The van der Waals surface area contributed by atoms with Crippen LogP contribution in [-0.4, -0.2) is 27.2 Å². The standard InChI is InChI=1S/C11H18Br3NO2S/c1-7-6-10(18(16,17)11(12,13)14)8-4-2-3-5-9(8)15-7/h7-10,15H,2-6H2,1H3. The van der Waals surface area contributed by atoms with Crippen LogP contribution in [0.15, 0.2) is 0 Å². The fraction of sp³-hybridized carbons (Fsp3) is 1.00. The van der Waals surface area contributed by atoms with E-state index in [2.05, 4.69) is 60.0 Å². The highest BCUT2D eigenvalue weighted by Gasteiger charge is 2.50.